The van der Waals surface area contributed by atoms with Crippen LogP contribution in [0.25, 0.3) is 11.5 Å². The maximum Gasteiger partial charge on any atom is 0.278 e. The first kappa shape index (κ1) is 8.42. The van der Waals surface area contributed by atoms with Gasteiger partial charge in [0, 0.05) is 40.4 Å². The van der Waals surface area contributed by atoms with Crippen LogP contribution < -0.4 is 5.56 Å². The van der Waals surface area contributed by atoms with E-state index in [1.807, 2.05) is 22.6 Å². The topological polar surface area (TPSA) is 71.8 Å². The van der Waals surface area contributed by atoms with Crippen LogP contribution in [0.1, 0.15) is 0 Å². The van der Waals surface area contributed by atoms with Gasteiger partial charge in [0.1, 0.15) is 0 Å². The fourth-order valence-corrected chi connectivity index (χ4v) is 1.22. The zero-order valence-corrected chi connectivity index (χ0v) is 8.48. The lowest BCUT2D eigenvalue weighted by molar-refractivity contribution is 0.537. The number of hydrogen-bond donors (Lipinski definition) is 1. The number of halogens is 1. The monoisotopic (exact) mass is 289 g/mol. The van der Waals surface area contributed by atoms with Gasteiger partial charge in [0.05, 0.1) is 0 Å². The van der Waals surface area contributed by atoms with Crippen molar-refractivity contribution in [2.45, 2.75) is 0 Å². The minimum Gasteiger partial charge on any atom is -0.412 e. The summed E-state index contributed by atoms with van der Waals surface area (Å²) in [6.45, 7) is 0. The molecule has 0 amide bonds. The van der Waals surface area contributed by atoms with Crippen molar-refractivity contribution in [2.75, 3.05) is 0 Å². The molecule has 0 radical (unpaired) electrons. The molecule has 0 bridgehead atoms. The van der Waals surface area contributed by atoms with E-state index in [1.54, 1.807) is 6.07 Å². The van der Waals surface area contributed by atoms with Crippen molar-refractivity contribution in [3.8, 4) is 11.5 Å². The Morgan fingerprint density at radius 3 is 2.92 bits per heavy atom. The van der Waals surface area contributed by atoms with Crippen LogP contribution >= 0.6 is 22.6 Å². The summed E-state index contributed by atoms with van der Waals surface area (Å²) in [6, 6.07) is 3.11. The first-order valence-electron chi connectivity index (χ1n) is 3.44. The highest BCUT2D eigenvalue weighted by molar-refractivity contribution is 14.1. The van der Waals surface area contributed by atoms with Gasteiger partial charge in [0.2, 0.25) is 11.4 Å². The van der Waals surface area contributed by atoms with Crippen LogP contribution in [0.4, 0.5) is 0 Å². The number of H-pyrrole nitrogens is 1. The molecule has 0 unspecified atom stereocenters. The van der Waals surface area contributed by atoms with E-state index in [4.69, 9.17) is 4.42 Å². The zero-order chi connectivity index (χ0) is 9.26. The normalized spacial score (nSPS) is 10.2. The molecule has 2 rings (SSSR count). The summed E-state index contributed by atoms with van der Waals surface area (Å²) < 4.78 is 5.59. The SMILES string of the molecule is O=c1cc(-c2nnc(I)o2)cc[nH]1. The Labute approximate surface area is 86.3 Å². The molecule has 2 aromatic rings. The second-order valence-corrected chi connectivity index (χ2v) is 3.22. The van der Waals surface area contributed by atoms with Crippen molar-refractivity contribution in [3.05, 3.63) is 32.6 Å². The number of hydrogen-bond acceptors (Lipinski definition) is 4. The Morgan fingerprint density at radius 1 is 1.46 bits per heavy atom. The summed E-state index contributed by atoms with van der Waals surface area (Å²) in [5.41, 5.74) is 0.435. The van der Waals surface area contributed by atoms with Crippen LogP contribution in [0.2, 0.25) is 0 Å². The number of aromatic nitrogens is 3. The van der Waals surface area contributed by atoms with Gasteiger partial charge >= 0.3 is 0 Å². The summed E-state index contributed by atoms with van der Waals surface area (Å²) in [4.78, 5) is 13.4. The van der Waals surface area contributed by atoms with Crippen molar-refractivity contribution < 1.29 is 4.42 Å². The molecule has 5 nitrogen and oxygen atoms in total. The van der Waals surface area contributed by atoms with Gasteiger partial charge < -0.3 is 9.40 Å². The highest BCUT2D eigenvalue weighted by atomic mass is 127. The van der Waals surface area contributed by atoms with Crippen molar-refractivity contribution in [1.82, 2.24) is 15.2 Å². The zero-order valence-electron chi connectivity index (χ0n) is 6.32. The Hall–Kier alpha value is -1.18. The molecular formula is C7H4IN3O2. The Kier molecular flexibility index (Phi) is 2.13. The molecule has 1 N–H and O–H groups in total. The van der Waals surface area contributed by atoms with Crippen LogP contribution in [0.3, 0.4) is 0 Å². The standard InChI is InChI=1S/C7H4IN3O2/c8-7-11-10-6(13-7)4-1-2-9-5(12)3-4/h1-3H,(H,9,12). The van der Waals surface area contributed by atoms with E-state index in [2.05, 4.69) is 15.2 Å². The molecule has 0 saturated carbocycles. The summed E-state index contributed by atoms with van der Waals surface area (Å²) in [6.07, 6.45) is 1.54. The average Bonchev–Trinajstić information content (AvgIpc) is 2.52. The number of pyridine rings is 1. The summed E-state index contributed by atoms with van der Waals surface area (Å²) >= 11 is 1.91. The quantitative estimate of drug-likeness (QED) is 0.796. The molecule has 0 aromatic carbocycles. The van der Waals surface area contributed by atoms with Gasteiger partial charge in [-0.3, -0.25) is 4.79 Å². The first-order valence-corrected chi connectivity index (χ1v) is 4.52. The number of nitrogens with one attached hydrogen (secondary N) is 1. The molecule has 0 spiro atoms. The second-order valence-electron chi connectivity index (χ2n) is 2.30. The van der Waals surface area contributed by atoms with Gasteiger partial charge in [-0.2, -0.15) is 0 Å². The van der Waals surface area contributed by atoms with Crippen LogP contribution in [-0.2, 0) is 0 Å². The van der Waals surface area contributed by atoms with Gasteiger partial charge in [-0.1, -0.05) is 0 Å². The van der Waals surface area contributed by atoms with E-state index in [1.165, 1.54) is 12.3 Å². The van der Waals surface area contributed by atoms with Crippen LogP contribution in [0, 0.1) is 3.90 Å². The number of nitrogens with zero attached hydrogens (tertiary/aromatic N) is 2. The highest BCUT2D eigenvalue weighted by Crippen LogP contribution is 2.15. The Morgan fingerprint density at radius 2 is 2.31 bits per heavy atom. The lowest BCUT2D eigenvalue weighted by atomic mass is 10.3. The minimum atomic E-state index is -0.189. The van der Waals surface area contributed by atoms with E-state index in [9.17, 15) is 4.79 Å². The second kappa shape index (κ2) is 3.29. The molecular weight excluding hydrogens is 285 g/mol. The van der Waals surface area contributed by atoms with Crippen LogP contribution in [0.15, 0.2) is 27.5 Å². The fraction of sp³-hybridized carbons (Fsp3) is 0. The van der Waals surface area contributed by atoms with E-state index in [-0.39, 0.29) is 5.56 Å². The Bertz CT molecular complexity index is 476. The van der Waals surface area contributed by atoms with Crippen molar-refractivity contribution >= 4 is 22.6 Å². The summed E-state index contributed by atoms with van der Waals surface area (Å²) in [7, 11) is 0. The van der Waals surface area contributed by atoms with Crippen LogP contribution in [-0.4, -0.2) is 15.2 Å². The van der Waals surface area contributed by atoms with Crippen molar-refractivity contribution in [1.29, 1.82) is 0 Å². The lowest BCUT2D eigenvalue weighted by Gasteiger charge is -1.90. The predicted octanol–water partition coefficient (Wildman–Crippen LogP) is 1.03. The maximum absolute atomic E-state index is 10.9. The molecule has 2 aromatic heterocycles. The van der Waals surface area contributed by atoms with E-state index >= 15 is 0 Å². The van der Waals surface area contributed by atoms with Crippen molar-refractivity contribution in [3.63, 3.8) is 0 Å². The van der Waals surface area contributed by atoms with Gasteiger partial charge in [0.15, 0.2) is 0 Å². The van der Waals surface area contributed by atoms with E-state index < -0.39 is 0 Å². The molecule has 66 valence electrons. The highest BCUT2D eigenvalue weighted by Gasteiger charge is 2.05. The number of rotatable bonds is 1. The molecule has 0 aliphatic heterocycles. The smallest absolute Gasteiger partial charge is 0.278 e. The molecule has 0 aliphatic rings. The maximum atomic E-state index is 10.9. The fourth-order valence-electron chi connectivity index (χ4n) is 0.900. The van der Waals surface area contributed by atoms with Gasteiger partial charge in [-0.25, -0.2) is 0 Å². The van der Waals surface area contributed by atoms with Crippen molar-refractivity contribution in [2.24, 2.45) is 0 Å². The third kappa shape index (κ3) is 1.77. The average molecular weight is 289 g/mol. The third-order valence-electron chi connectivity index (χ3n) is 1.42. The molecule has 0 atom stereocenters. The molecule has 6 heteroatoms. The summed E-state index contributed by atoms with van der Waals surface area (Å²) in [5, 5.41) is 7.43. The van der Waals surface area contributed by atoms with Gasteiger partial charge in [-0.15, -0.1) is 10.2 Å². The predicted molar refractivity (Wildman–Crippen MR) is 53.1 cm³/mol. The third-order valence-corrected chi connectivity index (χ3v) is 1.86. The largest absolute Gasteiger partial charge is 0.412 e. The Balaban J connectivity index is 2.52. The molecule has 0 saturated heterocycles. The van der Waals surface area contributed by atoms with E-state index in [0.29, 0.717) is 15.4 Å². The molecule has 13 heavy (non-hydrogen) atoms. The summed E-state index contributed by atoms with van der Waals surface area (Å²) in [5.74, 6) is 0.357. The lowest BCUT2D eigenvalue weighted by Crippen LogP contribution is -2.01. The number of aromatic amines is 1. The first-order chi connectivity index (χ1) is 6.25. The van der Waals surface area contributed by atoms with Gasteiger partial charge in [0.25, 0.3) is 3.90 Å². The van der Waals surface area contributed by atoms with E-state index in [0.717, 1.165) is 0 Å². The molecule has 2 heterocycles. The molecule has 0 fully saturated rings. The molecule has 0 aliphatic carbocycles. The van der Waals surface area contributed by atoms with Gasteiger partial charge in [-0.05, 0) is 6.07 Å². The minimum absolute atomic E-state index is 0.189. The van der Waals surface area contributed by atoms with Crippen LogP contribution in [0.5, 0.6) is 0 Å².